The molecule has 2 aromatic carbocycles. The van der Waals surface area contributed by atoms with Crippen LogP contribution in [0.3, 0.4) is 0 Å². The molecule has 0 bridgehead atoms. The van der Waals surface area contributed by atoms with Gasteiger partial charge in [0.2, 0.25) is 21.8 Å². The van der Waals surface area contributed by atoms with E-state index in [9.17, 15) is 18.0 Å². The average molecular weight is 534 g/mol. The van der Waals surface area contributed by atoms with Crippen LogP contribution in [0.5, 0.6) is 11.5 Å². The molecule has 0 saturated carbocycles. The van der Waals surface area contributed by atoms with E-state index < -0.39 is 16.1 Å². The maximum atomic E-state index is 13.5. The number of amides is 2. The molecule has 0 aliphatic carbocycles. The molecular weight excluding hydrogens is 494 g/mol. The minimum Gasteiger partial charge on any atom is -0.497 e. The Bertz CT molecular complexity index is 1120. The van der Waals surface area contributed by atoms with Crippen LogP contribution in [0.15, 0.2) is 48.5 Å². The Morgan fingerprint density at radius 3 is 2.24 bits per heavy atom. The van der Waals surface area contributed by atoms with E-state index in [1.807, 2.05) is 38.1 Å². The van der Waals surface area contributed by atoms with Crippen molar-refractivity contribution in [1.29, 1.82) is 0 Å². The third-order valence-electron chi connectivity index (χ3n) is 5.93. The summed E-state index contributed by atoms with van der Waals surface area (Å²) < 4.78 is 36.7. The summed E-state index contributed by atoms with van der Waals surface area (Å²) >= 11 is 0. The zero-order valence-corrected chi connectivity index (χ0v) is 23.2. The van der Waals surface area contributed by atoms with Crippen molar-refractivity contribution in [3.8, 4) is 11.5 Å². The molecular formula is C27H39N3O6S. The number of sulfonamides is 1. The summed E-state index contributed by atoms with van der Waals surface area (Å²) in [5.41, 5.74) is 1.33. The number of nitrogens with zero attached hydrogens (tertiary/aromatic N) is 2. The third kappa shape index (κ3) is 8.96. The lowest BCUT2D eigenvalue weighted by Gasteiger charge is -2.31. The number of rotatable bonds is 15. The molecule has 0 fully saturated rings. The molecule has 0 radical (unpaired) electrons. The minimum absolute atomic E-state index is 0.0870. The Kier molecular flexibility index (Phi) is 11.7. The maximum Gasteiger partial charge on any atom is 0.242 e. The number of carbonyl (C=O) groups is 2. The molecule has 1 N–H and O–H groups in total. The summed E-state index contributed by atoms with van der Waals surface area (Å²) in [6, 6.07) is 13.5. The Labute approximate surface area is 220 Å². The van der Waals surface area contributed by atoms with Crippen molar-refractivity contribution in [2.24, 2.45) is 0 Å². The van der Waals surface area contributed by atoms with Crippen molar-refractivity contribution in [3.63, 3.8) is 0 Å². The van der Waals surface area contributed by atoms with E-state index in [0.29, 0.717) is 36.6 Å². The molecule has 204 valence electrons. The molecule has 1 unspecified atom stereocenters. The lowest BCUT2D eigenvalue weighted by atomic mass is 10.1. The average Bonchev–Trinajstić information content (AvgIpc) is 2.89. The number of ether oxygens (including phenoxy) is 2. The van der Waals surface area contributed by atoms with Gasteiger partial charge in [0.05, 0.1) is 26.2 Å². The Balaban J connectivity index is 2.21. The van der Waals surface area contributed by atoms with E-state index in [-0.39, 0.29) is 31.3 Å². The van der Waals surface area contributed by atoms with Gasteiger partial charge in [-0.15, -0.1) is 0 Å². The van der Waals surface area contributed by atoms with Crippen LogP contribution in [-0.2, 0) is 26.2 Å². The normalized spacial score (nSPS) is 11.9. The van der Waals surface area contributed by atoms with Crippen LogP contribution in [-0.4, -0.2) is 64.7 Å². The van der Waals surface area contributed by atoms with Crippen LogP contribution in [0.25, 0.3) is 0 Å². The van der Waals surface area contributed by atoms with Crippen LogP contribution in [0, 0.1) is 0 Å². The van der Waals surface area contributed by atoms with Gasteiger partial charge in [-0.3, -0.25) is 13.9 Å². The van der Waals surface area contributed by atoms with Crippen molar-refractivity contribution in [3.05, 3.63) is 54.1 Å². The predicted octanol–water partition coefficient (Wildman–Crippen LogP) is 3.58. The minimum atomic E-state index is -3.57. The van der Waals surface area contributed by atoms with Gasteiger partial charge in [0, 0.05) is 26.1 Å². The third-order valence-corrected chi connectivity index (χ3v) is 7.13. The van der Waals surface area contributed by atoms with E-state index in [1.165, 1.54) is 11.4 Å². The summed E-state index contributed by atoms with van der Waals surface area (Å²) in [7, 11) is -0.452. The molecule has 0 aliphatic rings. The van der Waals surface area contributed by atoms with Gasteiger partial charge >= 0.3 is 0 Å². The molecule has 1 atom stereocenters. The van der Waals surface area contributed by atoms with E-state index in [0.717, 1.165) is 18.2 Å². The predicted molar refractivity (Wildman–Crippen MR) is 145 cm³/mol. The number of nitrogens with one attached hydrogen (secondary N) is 1. The van der Waals surface area contributed by atoms with Gasteiger partial charge in [-0.1, -0.05) is 26.0 Å². The van der Waals surface area contributed by atoms with Gasteiger partial charge in [-0.2, -0.15) is 0 Å². The highest BCUT2D eigenvalue weighted by molar-refractivity contribution is 7.92. The Hall–Kier alpha value is -3.27. The fourth-order valence-corrected chi connectivity index (χ4v) is 4.97. The highest BCUT2D eigenvalue weighted by Gasteiger charge is 2.28. The van der Waals surface area contributed by atoms with Crippen molar-refractivity contribution >= 4 is 27.5 Å². The fourth-order valence-electron chi connectivity index (χ4n) is 4.01. The first-order chi connectivity index (χ1) is 17.6. The lowest BCUT2D eigenvalue weighted by Crippen LogP contribution is -2.49. The first-order valence-electron chi connectivity index (χ1n) is 12.5. The second kappa shape index (κ2) is 14.5. The highest BCUT2D eigenvalue weighted by atomic mass is 32.2. The van der Waals surface area contributed by atoms with E-state index in [2.05, 4.69) is 5.32 Å². The summed E-state index contributed by atoms with van der Waals surface area (Å²) in [6.07, 6.45) is 2.76. The van der Waals surface area contributed by atoms with Crippen LogP contribution in [0.1, 0.15) is 45.1 Å². The zero-order chi connectivity index (χ0) is 27.4. The molecule has 9 nitrogen and oxygen atoms in total. The number of hydrogen-bond acceptors (Lipinski definition) is 6. The number of benzene rings is 2. The molecule has 2 aromatic rings. The summed E-state index contributed by atoms with van der Waals surface area (Å²) in [5.74, 6) is 0.866. The van der Waals surface area contributed by atoms with Gasteiger partial charge in [0.15, 0.2) is 0 Å². The molecule has 37 heavy (non-hydrogen) atoms. The highest BCUT2D eigenvalue weighted by Crippen LogP contribution is 2.23. The summed E-state index contributed by atoms with van der Waals surface area (Å²) in [5, 5.41) is 2.90. The monoisotopic (exact) mass is 533 g/mol. The number of hydrogen-bond donors (Lipinski definition) is 1. The quantitative estimate of drug-likeness (QED) is 0.375. The van der Waals surface area contributed by atoms with Crippen LogP contribution in [0.4, 0.5) is 5.69 Å². The van der Waals surface area contributed by atoms with E-state index in [4.69, 9.17) is 9.47 Å². The molecule has 0 spiro atoms. The maximum absolute atomic E-state index is 13.5. The summed E-state index contributed by atoms with van der Waals surface area (Å²) in [6.45, 7) is 4.74. The topological polar surface area (TPSA) is 105 Å². The second-order valence-electron chi connectivity index (χ2n) is 8.72. The van der Waals surface area contributed by atoms with Gasteiger partial charge in [0.1, 0.15) is 17.5 Å². The van der Waals surface area contributed by atoms with Crippen LogP contribution in [0.2, 0.25) is 0 Å². The van der Waals surface area contributed by atoms with Gasteiger partial charge in [-0.05, 0) is 61.2 Å². The largest absolute Gasteiger partial charge is 0.497 e. The second-order valence-corrected chi connectivity index (χ2v) is 10.6. The first-order valence-corrected chi connectivity index (χ1v) is 14.3. The van der Waals surface area contributed by atoms with E-state index >= 15 is 0 Å². The number of carbonyl (C=O) groups excluding carboxylic acids is 2. The van der Waals surface area contributed by atoms with Crippen molar-refractivity contribution in [2.45, 2.75) is 52.1 Å². The zero-order valence-electron chi connectivity index (χ0n) is 22.4. The molecule has 10 heteroatoms. The summed E-state index contributed by atoms with van der Waals surface area (Å²) in [4.78, 5) is 28.0. The van der Waals surface area contributed by atoms with Gasteiger partial charge in [0.25, 0.3) is 0 Å². The van der Waals surface area contributed by atoms with Crippen molar-refractivity contribution in [2.75, 3.05) is 37.9 Å². The smallest absolute Gasteiger partial charge is 0.242 e. The number of anilines is 1. The molecule has 0 heterocycles. The van der Waals surface area contributed by atoms with Crippen molar-refractivity contribution in [1.82, 2.24) is 10.2 Å². The first kappa shape index (κ1) is 30.0. The van der Waals surface area contributed by atoms with Crippen molar-refractivity contribution < 1.29 is 27.5 Å². The molecule has 2 rings (SSSR count). The molecule has 0 aliphatic heterocycles. The lowest BCUT2D eigenvalue weighted by molar-refractivity contribution is -0.141. The van der Waals surface area contributed by atoms with Crippen LogP contribution >= 0.6 is 0 Å². The molecule has 2 amide bonds. The number of methoxy groups -OCH3 is 2. The fraction of sp³-hybridized carbons (Fsp3) is 0.481. The van der Waals surface area contributed by atoms with Crippen LogP contribution < -0.4 is 19.1 Å². The van der Waals surface area contributed by atoms with E-state index in [1.54, 1.807) is 36.3 Å². The van der Waals surface area contributed by atoms with Gasteiger partial charge in [-0.25, -0.2) is 8.42 Å². The molecule has 0 aromatic heterocycles. The Morgan fingerprint density at radius 1 is 1.00 bits per heavy atom. The van der Waals surface area contributed by atoms with Gasteiger partial charge < -0.3 is 19.7 Å². The standard InChI is InChI=1S/C27H39N3O6S/c1-6-17-28-27(32)25(7-2)29(20-21-10-8-11-24(19-21)36-4)26(31)12-9-18-30(37(5,33)34)22-13-15-23(35-3)16-14-22/h8,10-11,13-16,19,25H,6-7,9,12,17-18,20H2,1-5H3,(H,28,32). The SMILES string of the molecule is CCCNC(=O)C(CC)N(Cc1cccc(OC)c1)C(=O)CCCN(c1ccc(OC)cc1)S(C)(=O)=O. The Morgan fingerprint density at radius 2 is 1.68 bits per heavy atom. The molecule has 0 saturated heterocycles.